The normalized spacial score (nSPS) is 13.7. The van der Waals surface area contributed by atoms with Crippen molar-refractivity contribution in [2.75, 3.05) is 0 Å². The molecule has 2 heteroatoms. The van der Waals surface area contributed by atoms with Gasteiger partial charge in [0, 0.05) is 6.42 Å². The highest BCUT2D eigenvalue weighted by Crippen LogP contribution is 2.23. The van der Waals surface area contributed by atoms with Gasteiger partial charge in [-0.1, -0.05) is 66.4 Å². The molecule has 0 heterocycles. The Bertz CT molecular complexity index is 495. The number of benzene rings is 2. The minimum atomic E-state index is -1.29. The van der Waals surface area contributed by atoms with Crippen molar-refractivity contribution in [3.05, 3.63) is 84.1 Å². The van der Waals surface area contributed by atoms with Crippen LogP contribution in [0.15, 0.2) is 72.9 Å². The fraction of sp³-hybridized carbons (Fsp3) is 0.176. The zero-order valence-electron chi connectivity index (χ0n) is 11.3. The molecule has 2 unspecified atom stereocenters. The lowest BCUT2D eigenvalue weighted by atomic mass is 10.0. The van der Waals surface area contributed by atoms with E-state index in [4.69, 9.17) is 4.43 Å². The van der Waals surface area contributed by atoms with E-state index in [-0.39, 0.29) is 6.10 Å². The Morgan fingerprint density at radius 3 is 2.21 bits per heavy atom. The Labute approximate surface area is 117 Å². The molecule has 0 saturated carbocycles. The molecule has 0 aliphatic heterocycles. The van der Waals surface area contributed by atoms with Gasteiger partial charge in [-0.3, -0.25) is 0 Å². The molecule has 2 aromatic carbocycles. The maximum atomic E-state index is 6.21. The zero-order chi connectivity index (χ0) is 13.5. The number of hydrogen-bond donors (Lipinski definition) is 0. The minimum Gasteiger partial charge on any atom is -0.409 e. The van der Waals surface area contributed by atoms with Crippen LogP contribution < -0.4 is 0 Å². The average Bonchev–Trinajstić information content (AvgIpc) is 2.48. The predicted octanol–water partition coefficient (Wildman–Crippen LogP) is 4.07. The van der Waals surface area contributed by atoms with E-state index in [1.54, 1.807) is 0 Å². The molecule has 1 nitrogen and oxygen atoms in total. The number of rotatable bonds is 6. The van der Waals surface area contributed by atoms with Gasteiger partial charge >= 0.3 is 0 Å². The summed E-state index contributed by atoms with van der Waals surface area (Å²) >= 11 is 0. The van der Waals surface area contributed by atoms with Crippen molar-refractivity contribution in [1.29, 1.82) is 0 Å². The maximum absolute atomic E-state index is 6.21. The topological polar surface area (TPSA) is 9.23 Å². The summed E-state index contributed by atoms with van der Waals surface area (Å²) in [6.45, 7) is 6.01. The first-order chi connectivity index (χ1) is 9.29. The Morgan fingerprint density at radius 2 is 1.63 bits per heavy atom. The van der Waals surface area contributed by atoms with E-state index in [1.807, 2.05) is 17.8 Å². The average molecular weight is 268 g/mol. The minimum absolute atomic E-state index is 0.128. The molecule has 0 amide bonds. The van der Waals surface area contributed by atoms with Crippen LogP contribution in [-0.2, 0) is 10.8 Å². The highest BCUT2D eigenvalue weighted by atomic mass is 28.3. The molecule has 0 aliphatic rings. The lowest BCUT2D eigenvalue weighted by Crippen LogP contribution is -2.17. The largest absolute Gasteiger partial charge is 0.409 e. The first-order valence-electron chi connectivity index (χ1n) is 6.66. The summed E-state index contributed by atoms with van der Waals surface area (Å²) in [5.74, 6) is 0. The molecule has 2 aromatic rings. The van der Waals surface area contributed by atoms with Gasteiger partial charge in [0.25, 0.3) is 0 Å². The second-order valence-corrected chi connectivity index (χ2v) is 6.82. The van der Waals surface area contributed by atoms with Crippen LogP contribution in [0.4, 0.5) is 0 Å². The molecule has 0 aliphatic carbocycles. The first-order valence-corrected chi connectivity index (χ1v) is 8.95. The molecule has 0 N–H and O–H groups in total. The Balaban J connectivity index is 2.17. The third-order valence-corrected chi connectivity index (χ3v) is 4.57. The quantitative estimate of drug-likeness (QED) is 0.718. The summed E-state index contributed by atoms with van der Waals surface area (Å²) in [5.41, 5.74) is 4.52. The van der Waals surface area contributed by atoms with Crippen LogP contribution in [0.5, 0.6) is 0 Å². The van der Waals surface area contributed by atoms with Crippen LogP contribution in [0.3, 0.4) is 0 Å². The molecular formula is C17H20OSi. The molecule has 98 valence electrons. The van der Waals surface area contributed by atoms with Crippen LogP contribution in [-0.4, -0.2) is 9.04 Å². The van der Waals surface area contributed by atoms with Crippen molar-refractivity contribution in [3.63, 3.8) is 0 Å². The summed E-state index contributed by atoms with van der Waals surface area (Å²) in [7, 11) is -1.29. The molecule has 0 bridgehead atoms. The highest BCUT2D eigenvalue weighted by Gasteiger charge is 2.15. The second-order valence-electron chi connectivity index (χ2n) is 4.67. The molecule has 2 atom stereocenters. The summed E-state index contributed by atoms with van der Waals surface area (Å²) in [4.78, 5) is 0. The molecule has 0 radical (unpaired) electrons. The van der Waals surface area contributed by atoms with E-state index in [0.29, 0.717) is 0 Å². The predicted molar refractivity (Wildman–Crippen MR) is 83.6 cm³/mol. The summed E-state index contributed by atoms with van der Waals surface area (Å²) in [6, 6.07) is 20.9. The number of hydrogen-bond acceptors (Lipinski definition) is 1. The standard InChI is InChI=1S/C17H20OSi/c1-3-19(2)18-17(16-12-8-5-9-13-16)14-15-10-6-4-7-11-15/h3-13,17,19H,1,14H2,2H3. The smallest absolute Gasteiger partial charge is 0.198 e. The van der Waals surface area contributed by atoms with Crippen LogP contribution in [0.25, 0.3) is 0 Å². The monoisotopic (exact) mass is 268 g/mol. The van der Waals surface area contributed by atoms with Gasteiger partial charge in [-0.15, -0.1) is 6.58 Å². The maximum Gasteiger partial charge on any atom is 0.198 e. The molecule has 19 heavy (non-hydrogen) atoms. The third-order valence-electron chi connectivity index (χ3n) is 3.15. The van der Waals surface area contributed by atoms with Gasteiger partial charge in [0.1, 0.15) is 0 Å². The van der Waals surface area contributed by atoms with Crippen LogP contribution >= 0.6 is 0 Å². The van der Waals surface area contributed by atoms with Crippen molar-refractivity contribution in [1.82, 2.24) is 0 Å². The summed E-state index contributed by atoms with van der Waals surface area (Å²) < 4.78 is 6.21. The first kappa shape index (κ1) is 13.8. The van der Waals surface area contributed by atoms with E-state index in [0.717, 1.165) is 6.42 Å². The molecule has 2 rings (SSSR count). The molecule has 0 spiro atoms. The summed E-state index contributed by atoms with van der Waals surface area (Å²) in [6.07, 6.45) is 1.04. The zero-order valence-corrected chi connectivity index (χ0v) is 12.5. The van der Waals surface area contributed by atoms with E-state index >= 15 is 0 Å². The summed E-state index contributed by atoms with van der Waals surface area (Å²) in [5, 5.41) is 0. The van der Waals surface area contributed by atoms with E-state index in [1.165, 1.54) is 11.1 Å². The molecule has 0 aromatic heterocycles. The molecule has 0 fully saturated rings. The third kappa shape index (κ3) is 4.19. The van der Waals surface area contributed by atoms with Crippen LogP contribution in [0.2, 0.25) is 6.55 Å². The highest BCUT2D eigenvalue weighted by molar-refractivity contribution is 6.56. The van der Waals surface area contributed by atoms with E-state index < -0.39 is 9.04 Å². The fourth-order valence-electron chi connectivity index (χ4n) is 2.06. The van der Waals surface area contributed by atoms with Gasteiger partial charge in [0.2, 0.25) is 0 Å². The van der Waals surface area contributed by atoms with Crippen molar-refractivity contribution < 1.29 is 4.43 Å². The van der Waals surface area contributed by atoms with Crippen LogP contribution in [0.1, 0.15) is 17.2 Å². The van der Waals surface area contributed by atoms with Gasteiger partial charge in [-0.2, -0.15) is 0 Å². The lowest BCUT2D eigenvalue weighted by Gasteiger charge is -2.21. The van der Waals surface area contributed by atoms with Gasteiger partial charge in [-0.05, 0) is 17.7 Å². The second kappa shape index (κ2) is 7.07. The van der Waals surface area contributed by atoms with Crippen molar-refractivity contribution >= 4 is 9.04 Å². The van der Waals surface area contributed by atoms with E-state index in [9.17, 15) is 0 Å². The van der Waals surface area contributed by atoms with Gasteiger partial charge in [-0.25, -0.2) is 0 Å². The van der Waals surface area contributed by atoms with Crippen molar-refractivity contribution in [2.45, 2.75) is 19.1 Å². The SMILES string of the molecule is C=C[SiH](C)OC(Cc1ccccc1)c1ccccc1. The van der Waals surface area contributed by atoms with Crippen molar-refractivity contribution in [3.8, 4) is 0 Å². The van der Waals surface area contributed by atoms with Gasteiger partial charge in [0.15, 0.2) is 9.04 Å². The fourth-order valence-corrected chi connectivity index (χ4v) is 2.94. The Hall–Kier alpha value is -1.64. The molecule has 0 saturated heterocycles. The lowest BCUT2D eigenvalue weighted by molar-refractivity contribution is 0.212. The Kier molecular flexibility index (Phi) is 5.13. The van der Waals surface area contributed by atoms with Crippen LogP contribution in [0, 0.1) is 0 Å². The Morgan fingerprint density at radius 1 is 1.05 bits per heavy atom. The van der Waals surface area contributed by atoms with Gasteiger partial charge in [0.05, 0.1) is 6.10 Å². The van der Waals surface area contributed by atoms with E-state index in [2.05, 4.69) is 61.7 Å². The molecular weight excluding hydrogens is 248 g/mol. The van der Waals surface area contributed by atoms with Crippen molar-refractivity contribution in [2.24, 2.45) is 0 Å². The van der Waals surface area contributed by atoms with Gasteiger partial charge < -0.3 is 4.43 Å².